The standard InChI is InChI=1S/C12H18N2O3/c1-14(2)9-5-4-6-10(7-9)17-8-11(13)12(15)16-3/h4-7,11H,8,13H2,1-3H3. The van der Waals surface area contributed by atoms with Crippen LogP contribution in [0.5, 0.6) is 5.75 Å². The molecule has 94 valence electrons. The average molecular weight is 238 g/mol. The highest BCUT2D eigenvalue weighted by atomic mass is 16.5. The Labute approximate surface area is 101 Å². The van der Waals surface area contributed by atoms with Gasteiger partial charge in [0.2, 0.25) is 0 Å². The zero-order valence-electron chi connectivity index (χ0n) is 10.3. The number of nitrogens with zero attached hydrogens (tertiary/aromatic N) is 1. The van der Waals surface area contributed by atoms with Gasteiger partial charge in [0, 0.05) is 25.8 Å². The van der Waals surface area contributed by atoms with Crippen LogP contribution in [0.25, 0.3) is 0 Å². The number of hydrogen-bond donors (Lipinski definition) is 1. The van der Waals surface area contributed by atoms with E-state index in [-0.39, 0.29) is 6.61 Å². The highest BCUT2D eigenvalue weighted by Crippen LogP contribution is 2.19. The van der Waals surface area contributed by atoms with Crippen LogP contribution in [0.1, 0.15) is 0 Å². The van der Waals surface area contributed by atoms with Crippen LogP contribution < -0.4 is 15.4 Å². The van der Waals surface area contributed by atoms with E-state index < -0.39 is 12.0 Å². The first-order chi connectivity index (χ1) is 8.04. The fourth-order valence-electron chi connectivity index (χ4n) is 1.26. The molecule has 0 amide bonds. The number of anilines is 1. The largest absolute Gasteiger partial charge is 0.491 e. The number of carbonyl (C=O) groups is 1. The van der Waals surface area contributed by atoms with Crippen molar-refractivity contribution in [1.82, 2.24) is 0 Å². The van der Waals surface area contributed by atoms with Crippen LogP contribution in [-0.4, -0.2) is 39.8 Å². The maximum absolute atomic E-state index is 11.1. The molecule has 2 N–H and O–H groups in total. The van der Waals surface area contributed by atoms with Gasteiger partial charge in [-0.15, -0.1) is 0 Å². The second-order valence-corrected chi connectivity index (χ2v) is 3.83. The van der Waals surface area contributed by atoms with E-state index in [0.29, 0.717) is 5.75 Å². The van der Waals surface area contributed by atoms with Crippen molar-refractivity contribution < 1.29 is 14.3 Å². The number of nitrogens with two attached hydrogens (primary N) is 1. The molecule has 0 aliphatic rings. The van der Waals surface area contributed by atoms with Crippen molar-refractivity contribution in [1.29, 1.82) is 0 Å². The molecule has 5 heteroatoms. The highest BCUT2D eigenvalue weighted by molar-refractivity contribution is 5.75. The SMILES string of the molecule is COC(=O)C(N)COc1cccc(N(C)C)c1. The number of carbonyl (C=O) groups excluding carboxylic acids is 1. The Morgan fingerprint density at radius 2 is 2.18 bits per heavy atom. The predicted octanol–water partition coefficient (Wildman–Crippen LogP) is 0.632. The van der Waals surface area contributed by atoms with Crippen molar-refractivity contribution in [3.05, 3.63) is 24.3 Å². The van der Waals surface area contributed by atoms with Crippen molar-refractivity contribution in [2.24, 2.45) is 5.73 Å². The molecule has 0 aliphatic heterocycles. The number of esters is 1. The highest BCUT2D eigenvalue weighted by Gasteiger charge is 2.14. The third kappa shape index (κ3) is 3.96. The molecule has 0 heterocycles. The lowest BCUT2D eigenvalue weighted by Crippen LogP contribution is -2.37. The van der Waals surface area contributed by atoms with Crippen LogP contribution in [0.4, 0.5) is 5.69 Å². The van der Waals surface area contributed by atoms with Gasteiger partial charge in [-0.2, -0.15) is 0 Å². The van der Waals surface area contributed by atoms with Gasteiger partial charge in [-0.05, 0) is 12.1 Å². The van der Waals surface area contributed by atoms with Crippen LogP contribution >= 0.6 is 0 Å². The Bertz CT molecular complexity index is 380. The van der Waals surface area contributed by atoms with Crippen molar-refractivity contribution >= 4 is 11.7 Å². The Hall–Kier alpha value is -1.75. The number of benzene rings is 1. The molecule has 0 saturated heterocycles. The summed E-state index contributed by atoms with van der Waals surface area (Å²) in [7, 11) is 5.19. The van der Waals surface area contributed by atoms with Gasteiger partial charge in [0.1, 0.15) is 18.4 Å². The molecule has 0 radical (unpaired) electrons. The second-order valence-electron chi connectivity index (χ2n) is 3.83. The third-order valence-corrected chi connectivity index (χ3v) is 2.27. The summed E-state index contributed by atoms with van der Waals surface area (Å²) in [5, 5.41) is 0. The Kier molecular flexibility index (Phi) is 4.78. The molecule has 0 spiro atoms. The Morgan fingerprint density at radius 3 is 2.76 bits per heavy atom. The fourth-order valence-corrected chi connectivity index (χ4v) is 1.26. The second kappa shape index (κ2) is 6.10. The lowest BCUT2D eigenvalue weighted by atomic mass is 10.3. The first kappa shape index (κ1) is 13.3. The molecule has 1 aromatic carbocycles. The van der Waals surface area contributed by atoms with Gasteiger partial charge in [0.25, 0.3) is 0 Å². The molecule has 0 aliphatic carbocycles. The topological polar surface area (TPSA) is 64.8 Å². The Morgan fingerprint density at radius 1 is 1.47 bits per heavy atom. The van der Waals surface area contributed by atoms with E-state index >= 15 is 0 Å². The first-order valence-corrected chi connectivity index (χ1v) is 5.28. The molecule has 0 fully saturated rings. The molecule has 0 aromatic heterocycles. The van der Waals surface area contributed by atoms with Gasteiger partial charge in [0.05, 0.1) is 7.11 Å². The van der Waals surface area contributed by atoms with E-state index in [1.807, 2.05) is 43.3 Å². The summed E-state index contributed by atoms with van der Waals surface area (Å²) in [6.45, 7) is 0.101. The van der Waals surface area contributed by atoms with Crippen LogP contribution in [0.2, 0.25) is 0 Å². The third-order valence-electron chi connectivity index (χ3n) is 2.27. The molecular weight excluding hydrogens is 220 g/mol. The van der Waals surface area contributed by atoms with E-state index in [1.54, 1.807) is 0 Å². The minimum atomic E-state index is -0.761. The van der Waals surface area contributed by atoms with Gasteiger partial charge < -0.3 is 20.1 Å². The quantitative estimate of drug-likeness (QED) is 0.762. The summed E-state index contributed by atoms with van der Waals surface area (Å²) in [4.78, 5) is 13.0. The number of methoxy groups -OCH3 is 1. The van der Waals surface area contributed by atoms with Crippen molar-refractivity contribution in [3.8, 4) is 5.75 Å². The number of rotatable bonds is 5. The molecule has 1 unspecified atom stereocenters. The normalized spacial score (nSPS) is 11.8. The van der Waals surface area contributed by atoms with E-state index in [2.05, 4.69) is 4.74 Å². The maximum atomic E-state index is 11.1. The summed E-state index contributed by atoms with van der Waals surface area (Å²) >= 11 is 0. The lowest BCUT2D eigenvalue weighted by Gasteiger charge is -2.15. The molecule has 0 saturated carbocycles. The molecular formula is C12H18N2O3. The van der Waals surface area contributed by atoms with E-state index in [4.69, 9.17) is 10.5 Å². The van der Waals surface area contributed by atoms with Crippen LogP contribution in [0.15, 0.2) is 24.3 Å². The van der Waals surface area contributed by atoms with Gasteiger partial charge in [0.15, 0.2) is 0 Å². The van der Waals surface area contributed by atoms with Gasteiger partial charge >= 0.3 is 5.97 Å². The fraction of sp³-hybridized carbons (Fsp3) is 0.417. The monoisotopic (exact) mass is 238 g/mol. The minimum Gasteiger partial charge on any atom is -0.491 e. The molecule has 1 aromatic rings. The predicted molar refractivity (Wildman–Crippen MR) is 66.3 cm³/mol. The lowest BCUT2D eigenvalue weighted by molar-refractivity contribution is -0.142. The maximum Gasteiger partial charge on any atom is 0.326 e. The summed E-state index contributed by atoms with van der Waals surface area (Å²) in [5.74, 6) is 0.198. The van der Waals surface area contributed by atoms with Crippen molar-refractivity contribution in [2.75, 3.05) is 32.7 Å². The van der Waals surface area contributed by atoms with E-state index in [0.717, 1.165) is 5.69 Å². The summed E-state index contributed by atoms with van der Waals surface area (Å²) in [6.07, 6.45) is 0. The molecule has 17 heavy (non-hydrogen) atoms. The first-order valence-electron chi connectivity index (χ1n) is 5.28. The molecule has 0 bridgehead atoms. The summed E-state index contributed by atoms with van der Waals surface area (Å²) in [6, 6.07) is 6.78. The van der Waals surface area contributed by atoms with Crippen LogP contribution in [0.3, 0.4) is 0 Å². The van der Waals surface area contributed by atoms with E-state index in [1.165, 1.54) is 7.11 Å². The zero-order chi connectivity index (χ0) is 12.8. The minimum absolute atomic E-state index is 0.101. The molecule has 5 nitrogen and oxygen atoms in total. The average Bonchev–Trinajstić information content (AvgIpc) is 2.35. The van der Waals surface area contributed by atoms with Crippen LogP contribution in [0, 0.1) is 0 Å². The van der Waals surface area contributed by atoms with Crippen molar-refractivity contribution in [3.63, 3.8) is 0 Å². The van der Waals surface area contributed by atoms with Gasteiger partial charge in [-0.25, -0.2) is 0 Å². The Balaban J connectivity index is 2.57. The smallest absolute Gasteiger partial charge is 0.326 e. The molecule has 1 rings (SSSR count). The van der Waals surface area contributed by atoms with E-state index in [9.17, 15) is 4.79 Å². The summed E-state index contributed by atoms with van der Waals surface area (Å²) in [5.41, 5.74) is 6.59. The zero-order valence-corrected chi connectivity index (χ0v) is 10.3. The summed E-state index contributed by atoms with van der Waals surface area (Å²) < 4.78 is 9.94. The van der Waals surface area contributed by atoms with Crippen LogP contribution in [-0.2, 0) is 9.53 Å². The van der Waals surface area contributed by atoms with Gasteiger partial charge in [-0.1, -0.05) is 6.07 Å². The van der Waals surface area contributed by atoms with Crippen molar-refractivity contribution in [2.45, 2.75) is 6.04 Å². The number of hydrogen-bond acceptors (Lipinski definition) is 5. The number of ether oxygens (including phenoxy) is 2. The van der Waals surface area contributed by atoms with Gasteiger partial charge in [-0.3, -0.25) is 4.79 Å². The molecule has 1 atom stereocenters.